The lowest BCUT2D eigenvalue weighted by molar-refractivity contribution is -0.120. The Balaban J connectivity index is 1.63. The van der Waals surface area contributed by atoms with Crippen LogP contribution in [0.4, 0.5) is 0 Å². The molecule has 2 aromatic carbocycles. The summed E-state index contributed by atoms with van der Waals surface area (Å²) in [6.07, 6.45) is 2.68. The summed E-state index contributed by atoms with van der Waals surface area (Å²) >= 11 is 0. The Hall–Kier alpha value is -3.06. The van der Waals surface area contributed by atoms with Gasteiger partial charge in [0.1, 0.15) is 5.75 Å². The molecule has 0 heterocycles. The molecule has 0 atom stereocenters. The van der Waals surface area contributed by atoms with Gasteiger partial charge >= 0.3 is 0 Å². The molecule has 3 N–H and O–H groups in total. The van der Waals surface area contributed by atoms with E-state index in [1.165, 1.54) is 6.21 Å². The predicted octanol–water partition coefficient (Wildman–Crippen LogP) is 2.08. The van der Waals surface area contributed by atoms with Crippen LogP contribution in [-0.4, -0.2) is 44.5 Å². The van der Waals surface area contributed by atoms with E-state index in [9.17, 15) is 9.90 Å². The van der Waals surface area contributed by atoms with Gasteiger partial charge in [0, 0.05) is 13.0 Å². The number of amides is 1. The molecular formula is C20H25N3O4. The third kappa shape index (κ3) is 6.99. The van der Waals surface area contributed by atoms with Crippen LogP contribution in [0, 0.1) is 0 Å². The van der Waals surface area contributed by atoms with E-state index in [0.29, 0.717) is 24.5 Å². The number of rotatable bonds is 10. The van der Waals surface area contributed by atoms with Crippen molar-refractivity contribution in [2.45, 2.75) is 12.8 Å². The van der Waals surface area contributed by atoms with E-state index < -0.39 is 0 Å². The molecule has 0 aliphatic heterocycles. The van der Waals surface area contributed by atoms with Crippen LogP contribution >= 0.6 is 0 Å². The number of aromatic hydroxyl groups is 1. The van der Waals surface area contributed by atoms with Crippen LogP contribution in [0.25, 0.3) is 0 Å². The number of carbonyl (C=O) groups is 1. The lowest BCUT2D eigenvalue weighted by Gasteiger charge is -2.10. The second-order valence-corrected chi connectivity index (χ2v) is 5.82. The van der Waals surface area contributed by atoms with E-state index >= 15 is 0 Å². The highest BCUT2D eigenvalue weighted by molar-refractivity contribution is 5.82. The van der Waals surface area contributed by atoms with Crippen molar-refractivity contribution in [1.29, 1.82) is 0 Å². The third-order valence-electron chi connectivity index (χ3n) is 3.86. The van der Waals surface area contributed by atoms with Crippen LogP contribution in [-0.2, 0) is 11.2 Å². The highest BCUT2D eigenvalue weighted by Crippen LogP contribution is 2.27. The lowest BCUT2D eigenvalue weighted by Crippen LogP contribution is -2.25. The van der Waals surface area contributed by atoms with Crippen LogP contribution in [0.3, 0.4) is 0 Å². The van der Waals surface area contributed by atoms with E-state index in [1.54, 1.807) is 38.5 Å². The van der Waals surface area contributed by atoms with Gasteiger partial charge in [-0.1, -0.05) is 6.07 Å². The number of methoxy groups -OCH3 is 2. The number of nitrogens with one attached hydrogen (secondary N) is 2. The van der Waals surface area contributed by atoms with Gasteiger partial charge in [-0.05, 0) is 60.5 Å². The maximum absolute atomic E-state index is 11.7. The second kappa shape index (κ2) is 10.8. The smallest absolute Gasteiger partial charge is 0.241 e. The Kier molecular flexibility index (Phi) is 8.12. The number of phenolic OH excluding ortho intramolecular Hbond substituents is 1. The first-order valence-electron chi connectivity index (χ1n) is 8.65. The number of carbonyl (C=O) groups excluding carboxylic acids is 1. The van der Waals surface area contributed by atoms with Gasteiger partial charge in [-0.25, -0.2) is 5.43 Å². The molecule has 2 rings (SSSR count). The van der Waals surface area contributed by atoms with Crippen molar-refractivity contribution in [3.05, 3.63) is 53.6 Å². The molecule has 27 heavy (non-hydrogen) atoms. The molecule has 0 spiro atoms. The first kappa shape index (κ1) is 20.3. The van der Waals surface area contributed by atoms with Gasteiger partial charge < -0.3 is 19.9 Å². The SMILES string of the molecule is COc1ccc(CCNCCC(=O)N/N=C/c2ccc(O)cc2)cc1OC. The number of hydrogen-bond acceptors (Lipinski definition) is 6. The molecular weight excluding hydrogens is 346 g/mol. The Morgan fingerprint density at radius 1 is 1.07 bits per heavy atom. The highest BCUT2D eigenvalue weighted by Gasteiger charge is 2.04. The molecule has 0 aromatic heterocycles. The van der Waals surface area contributed by atoms with Crippen molar-refractivity contribution < 1.29 is 19.4 Å². The van der Waals surface area contributed by atoms with Gasteiger partial charge in [0.2, 0.25) is 5.91 Å². The summed E-state index contributed by atoms with van der Waals surface area (Å²) in [5.74, 6) is 1.44. The van der Waals surface area contributed by atoms with Crippen molar-refractivity contribution in [2.24, 2.45) is 5.10 Å². The molecule has 0 saturated heterocycles. The summed E-state index contributed by atoms with van der Waals surface area (Å²) in [7, 11) is 3.22. The van der Waals surface area contributed by atoms with Crippen molar-refractivity contribution in [1.82, 2.24) is 10.7 Å². The fraction of sp³-hybridized carbons (Fsp3) is 0.300. The van der Waals surface area contributed by atoms with Gasteiger partial charge in [0.25, 0.3) is 0 Å². The van der Waals surface area contributed by atoms with Crippen molar-refractivity contribution in [2.75, 3.05) is 27.3 Å². The quantitative estimate of drug-likeness (QED) is 0.338. The van der Waals surface area contributed by atoms with Gasteiger partial charge in [0.15, 0.2) is 11.5 Å². The number of benzene rings is 2. The third-order valence-corrected chi connectivity index (χ3v) is 3.86. The van der Waals surface area contributed by atoms with E-state index in [-0.39, 0.29) is 11.7 Å². The maximum Gasteiger partial charge on any atom is 0.241 e. The largest absolute Gasteiger partial charge is 0.508 e. The van der Waals surface area contributed by atoms with Crippen LogP contribution in [0.1, 0.15) is 17.5 Å². The Bertz CT molecular complexity index is 760. The average molecular weight is 371 g/mol. The minimum Gasteiger partial charge on any atom is -0.508 e. The lowest BCUT2D eigenvalue weighted by atomic mass is 10.1. The minimum atomic E-state index is -0.163. The zero-order valence-electron chi connectivity index (χ0n) is 15.6. The zero-order valence-corrected chi connectivity index (χ0v) is 15.6. The molecule has 0 bridgehead atoms. The number of phenols is 1. The fourth-order valence-corrected chi connectivity index (χ4v) is 2.39. The summed E-state index contributed by atoms with van der Waals surface area (Å²) in [6.45, 7) is 1.31. The molecule has 0 fully saturated rings. The highest BCUT2D eigenvalue weighted by atomic mass is 16.5. The first-order valence-corrected chi connectivity index (χ1v) is 8.65. The Morgan fingerprint density at radius 2 is 1.81 bits per heavy atom. The topological polar surface area (TPSA) is 92.2 Å². The molecule has 2 aromatic rings. The Morgan fingerprint density at radius 3 is 2.52 bits per heavy atom. The molecule has 1 amide bonds. The average Bonchev–Trinajstić information content (AvgIpc) is 2.69. The van der Waals surface area contributed by atoms with E-state index in [2.05, 4.69) is 15.8 Å². The van der Waals surface area contributed by atoms with E-state index in [0.717, 1.165) is 24.1 Å². The summed E-state index contributed by atoms with van der Waals surface area (Å²) in [4.78, 5) is 11.7. The van der Waals surface area contributed by atoms with E-state index in [4.69, 9.17) is 9.47 Å². The van der Waals surface area contributed by atoms with Crippen LogP contribution in [0.15, 0.2) is 47.6 Å². The number of hydrogen-bond donors (Lipinski definition) is 3. The molecule has 0 radical (unpaired) electrons. The summed E-state index contributed by atoms with van der Waals surface area (Å²) in [6, 6.07) is 12.4. The molecule has 0 saturated carbocycles. The van der Waals surface area contributed by atoms with Gasteiger partial charge in [-0.15, -0.1) is 0 Å². The van der Waals surface area contributed by atoms with E-state index in [1.807, 2.05) is 18.2 Å². The van der Waals surface area contributed by atoms with Crippen LogP contribution in [0.2, 0.25) is 0 Å². The molecule has 0 aliphatic carbocycles. The number of nitrogens with zero attached hydrogens (tertiary/aromatic N) is 1. The normalized spacial score (nSPS) is 10.7. The van der Waals surface area contributed by atoms with Gasteiger partial charge in [-0.2, -0.15) is 5.10 Å². The van der Waals surface area contributed by atoms with Crippen LogP contribution < -0.4 is 20.2 Å². The first-order chi connectivity index (χ1) is 13.1. The zero-order chi connectivity index (χ0) is 19.5. The summed E-state index contributed by atoms with van der Waals surface area (Å²) in [5, 5.41) is 16.3. The Labute approximate surface area is 159 Å². The molecule has 144 valence electrons. The number of ether oxygens (including phenoxy) is 2. The molecule has 0 unspecified atom stereocenters. The van der Waals surface area contributed by atoms with Crippen molar-refractivity contribution in [3.63, 3.8) is 0 Å². The van der Waals surface area contributed by atoms with Crippen LogP contribution in [0.5, 0.6) is 17.2 Å². The number of hydrazone groups is 1. The summed E-state index contributed by atoms with van der Waals surface area (Å²) in [5.41, 5.74) is 4.40. The van der Waals surface area contributed by atoms with Gasteiger partial charge in [-0.3, -0.25) is 4.79 Å². The predicted molar refractivity (Wildman–Crippen MR) is 105 cm³/mol. The van der Waals surface area contributed by atoms with Crippen molar-refractivity contribution >= 4 is 12.1 Å². The van der Waals surface area contributed by atoms with Crippen molar-refractivity contribution in [3.8, 4) is 17.2 Å². The fourth-order valence-electron chi connectivity index (χ4n) is 2.39. The van der Waals surface area contributed by atoms with Gasteiger partial charge in [0.05, 0.1) is 20.4 Å². The standard InChI is InChI=1S/C20H25N3O4/c1-26-18-8-5-15(13-19(18)27-2)9-11-21-12-10-20(25)23-22-14-16-3-6-17(24)7-4-16/h3-8,13-14,21,24H,9-12H2,1-2H3,(H,23,25)/b22-14+. The monoisotopic (exact) mass is 371 g/mol. The maximum atomic E-state index is 11.7. The molecule has 0 aliphatic rings. The minimum absolute atomic E-state index is 0.163. The second-order valence-electron chi connectivity index (χ2n) is 5.82. The summed E-state index contributed by atoms with van der Waals surface area (Å²) < 4.78 is 10.5. The molecule has 7 heteroatoms. The molecule has 7 nitrogen and oxygen atoms in total.